The molecule has 0 fully saturated rings. The Kier molecular flexibility index (Phi) is 4.06. The average molecular weight is 262 g/mol. The summed E-state index contributed by atoms with van der Waals surface area (Å²) in [7, 11) is 1.81. The molecule has 0 radical (unpaired) electrons. The fraction of sp³-hybridized carbons (Fsp3) is 0.286. The lowest BCUT2D eigenvalue weighted by Gasteiger charge is -2.16. The van der Waals surface area contributed by atoms with Gasteiger partial charge in [0.2, 0.25) is 0 Å². The molecule has 19 heavy (non-hydrogen) atoms. The second kappa shape index (κ2) is 5.75. The van der Waals surface area contributed by atoms with Gasteiger partial charge in [-0.2, -0.15) is 0 Å². The topological polar surface area (TPSA) is 53.4 Å². The number of halogens is 1. The molecule has 1 aromatic heterocycles. The Hall–Kier alpha value is -2.01. The van der Waals surface area contributed by atoms with Gasteiger partial charge in [0, 0.05) is 24.7 Å². The van der Waals surface area contributed by atoms with E-state index < -0.39 is 5.97 Å². The lowest BCUT2D eigenvalue weighted by molar-refractivity contribution is -0.137. The van der Waals surface area contributed by atoms with Crippen LogP contribution >= 0.6 is 0 Å². The van der Waals surface area contributed by atoms with Crippen LogP contribution in [0.2, 0.25) is 0 Å². The zero-order valence-corrected chi connectivity index (χ0v) is 10.6. The second-order valence-corrected chi connectivity index (χ2v) is 4.52. The van der Waals surface area contributed by atoms with Crippen molar-refractivity contribution in [3.8, 4) is 0 Å². The molecule has 0 saturated carbocycles. The van der Waals surface area contributed by atoms with E-state index in [1.54, 1.807) is 12.3 Å². The van der Waals surface area contributed by atoms with Crippen molar-refractivity contribution >= 4 is 16.9 Å². The predicted molar refractivity (Wildman–Crippen MR) is 70.3 cm³/mol. The third-order valence-corrected chi connectivity index (χ3v) is 2.90. The Labute approximate surface area is 110 Å². The number of carboxylic acid groups (broad SMARTS) is 1. The zero-order chi connectivity index (χ0) is 13.8. The van der Waals surface area contributed by atoms with Gasteiger partial charge in [0.1, 0.15) is 5.82 Å². The summed E-state index contributed by atoms with van der Waals surface area (Å²) < 4.78 is 13.5. The number of fused-ring (bicyclic) bond motifs is 1. The van der Waals surface area contributed by atoms with Crippen LogP contribution in [0.3, 0.4) is 0 Å². The molecule has 0 atom stereocenters. The van der Waals surface area contributed by atoms with Gasteiger partial charge >= 0.3 is 5.97 Å². The van der Waals surface area contributed by atoms with Crippen molar-refractivity contribution in [2.45, 2.75) is 13.0 Å². The molecule has 0 bridgehead atoms. The first kappa shape index (κ1) is 13.4. The number of aromatic nitrogens is 1. The SMILES string of the molecule is CN(CCC(=O)O)Cc1cc(F)cc2cccnc12. The molecule has 0 saturated heterocycles. The van der Waals surface area contributed by atoms with Crippen molar-refractivity contribution in [2.24, 2.45) is 0 Å². The lowest BCUT2D eigenvalue weighted by atomic mass is 10.1. The minimum Gasteiger partial charge on any atom is -0.481 e. The first-order valence-electron chi connectivity index (χ1n) is 6.00. The van der Waals surface area contributed by atoms with Crippen molar-refractivity contribution < 1.29 is 14.3 Å². The highest BCUT2D eigenvalue weighted by Crippen LogP contribution is 2.19. The predicted octanol–water partition coefficient (Wildman–Crippen LogP) is 2.28. The van der Waals surface area contributed by atoms with Crippen LogP contribution in [0.1, 0.15) is 12.0 Å². The molecule has 0 amide bonds. The number of carbonyl (C=O) groups is 1. The second-order valence-electron chi connectivity index (χ2n) is 4.52. The van der Waals surface area contributed by atoms with Crippen LogP contribution in [0, 0.1) is 5.82 Å². The van der Waals surface area contributed by atoms with Gasteiger partial charge in [-0.25, -0.2) is 4.39 Å². The van der Waals surface area contributed by atoms with E-state index in [1.165, 1.54) is 12.1 Å². The Bertz CT molecular complexity index is 601. The third kappa shape index (κ3) is 3.48. The van der Waals surface area contributed by atoms with Crippen LogP contribution < -0.4 is 0 Å². The Morgan fingerprint density at radius 2 is 2.26 bits per heavy atom. The fourth-order valence-electron chi connectivity index (χ4n) is 2.00. The summed E-state index contributed by atoms with van der Waals surface area (Å²) in [5.74, 6) is -1.14. The van der Waals surface area contributed by atoms with Gasteiger partial charge in [0.15, 0.2) is 0 Å². The van der Waals surface area contributed by atoms with Gasteiger partial charge in [0.05, 0.1) is 11.9 Å². The Morgan fingerprint density at radius 1 is 1.47 bits per heavy atom. The smallest absolute Gasteiger partial charge is 0.304 e. The van der Waals surface area contributed by atoms with E-state index in [2.05, 4.69) is 4.98 Å². The highest BCUT2D eigenvalue weighted by molar-refractivity contribution is 5.81. The molecule has 4 nitrogen and oxygen atoms in total. The number of hydrogen-bond donors (Lipinski definition) is 1. The van der Waals surface area contributed by atoms with Crippen LogP contribution in [-0.2, 0) is 11.3 Å². The van der Waals surface area contributed by atoms with Gasteiger partial charge < -0.3 is 10.0 Å². The van der Waals surface area contributed by atoms with E-state index in [0.29, 0.717) is 13.1 Å². The number of nitrogens with zero attached hydrogens (tertiary/aromatic N) is 2. The fourth-order valence-corrected chi connectivity index (χ4v) is 2.00. The van der Waals surface area contributed by atoms with Crippen LogP contribution in [0.4, 0.5) is 4.39 Å². The Morgan fingerprint density at radius 3 is 3.00 bits per heavy atom. The summed E-state index contributed by atoms with van der Waals surface area (Å²) in [5.41, 5.74) is 1.52. The molecule has 5 heteroatoms. The minimum atomic E-state index is -0.839. The molecule has 0 spiro atoms. The van der Waals surface area contributed by atoms with Crippen LogP contribution in [0.25, 0.3) is 10.9 Å². The number of hydrogen-bond acceptors (Lipinski definition) is 3. The zero-order valence-electron chi connectivity index (χ0n) is 10.6. The van der Waals surface area contributed by atoms with E-state index in [-0.39, 0.29) is 12.2 Å². The molecule has 1 aromatic carbocycles. The largest absolute Gasteiger partial charge is 0.481 e. The first-order valence-corrected chi connectivity index (χ1v) is 6.00. The molecule has 0 aliphatic heterocycles. The summed E-state index contributed by atoms with van der Waals surface area (Å²) in [6, 6.07) is 6.47. The number of pyridine rings is 1. The van der Waals surface area contributed by atoms with Crippen LogP contribution in [0.5, 0.6) is 0 Å². The lowest BCUT2D eigenvalue weighted by Crippen LogP contribution is -2.21. The van der Waals surface area contributed by atoms with Gasteiger partial charge in [-0.05, 0) is 30.8 Å². The van der Waals surface area contributed by atoms with Gasteiger partial charge in [0.25, 0.3) is 0 Å². The quantitative estimate of drug-likeness (QED) is 0.898. The van der Waals surface area contributed by atoms with Gasteiger partial charge in [-0.3, -0.25) is 9.78 Å². The van der Waals surface area contributed by atoms with E-state index >= 15 is 0 Å². The van der Waals surface area contributed by atoms with E-state index in [1.807, 2.05) is 18.0 Å². The number of aliphatic carboxylic acids is 1. The molecule has 2 rings (SSSR count). The summed E-state index contributed by atoms with van der Waals surface area (Å²) in [5, 5.41) is 9.40. The standard InChI is InChI=1S/C14H15FN2O2/c1-17(6-4-13(18)19)9-11-8-12(15)7-10-3-2-5-16-14(10)11/h2-3,5,7-8H,4,6,9H2,1H3,(H,18,19). The van der Waals surface area contributed by atoms with Gasteiger partial charge in [-0.15, -0.1) is 0 Å². The molecule has 100 valence electrons. The molecular formula is C14H15FN2O2. The summed E-state index contributed by atoms with van der Waals surface area (Å²) in [4.78, 5) is 16.6. The van der Waals surface area contributed by atoms with Gasteiger partial charge in [-0.1, -0.05) is 6.07 Å². The van der Waals surface area contributed by atoms with Crippen molar-refractivity contribution in [3.05, 3.63) is 41.8 Å². The van der Waals surface area contributed by atoms with E-state index in [0.717, 1.165) is 16.5 Å². The van der Waals surface area contributed by atoms with Crippen molar-refractivity contribution in [2.75, 3.05) is 13.6 Å². The van der Waals surface area contributed by atoms with Crippen LogP contribution in [-0.4, -0.2) is 34.6 Å². The molecule has 2 aromatic rings. The normalized spacial score (nSPS) is 11.1. The summed E-state index contributed by atoms with van der Waals surface area (Å²) in [6.45, 7) is 0.888. The van der Waals surface area contributed by atoms with E-state index in [9.17, 15) is 9.18 Å². The summed E-state index contributed by atoms with van der Waals surface area (Å²) in [6.07, 6.45) is 1.73. The highest BCUT2D eigenvalue weighted by Gasteiger charge is 2.09. The Balaban J connectivity index is 2.22. The van der Waals surface area contributed by atoms with Crippen molar-refractivity contribution in [3.63, 3.8) is 0 Å². The maximum Gasteiger partial charge on any atom is 0.304 e. The van der Waals surface area contributed by atoms with Crippen LogP contribution in [0.15, 0.2) is 30.5 Å². The molecule has 0 aliphatic carbocycles. The molecule has 1 heterocycles. The first-order chi connectivity index (χ1) is 9.06. The maximum absolute atomic E-state index is 13.5. The third-order valence-electron chi connectivity index (χ3n) is 2.90. The maximum atomic E-state index is 13.5. The van der Waals surface area contributed by atoms with Crippen molar-refractivity contribution in [1.82, 2.24) is 9.88 Å². The molecule has 0 unspecified atom stereocenters. The number of benzene rings is 1. The number of carboxylic acids is 1. The molecule has 0 aliphatic rings. The van der Waals surface area contributed by atoms with Crippen molar-refractivity contribution in [1.29, 1.82) is 0 Å². The highest BCUT2D eigenvalue weighted by atomic mass is 19.1. The average Bonchev–Trinajstić information content (AvgIpc) is 2.36. The molecular weight excluding hydrogens is 247 g/mol. The summed E-state index contributed by atoms with van der Waals surface area (Å²) >= 11 is 0. The van der Waals surface area contributed by atoms with E-state index in [4.69, 9.17) is 5.11 Å². The minimum absolute atomic E-state index is 0.0666. The monoisotopic (exact) mass is 262 g/mol. The number of rotatable bonds is 5. The molecule has 1 N–H and O–H groups in total.